The first-order valence-corrected chi connectivity index (χ1v) is 10.6. The Balaban J connectivity index is 0.00000676. The second-order valence-corrected chi connectivity index (χ2v) is 7.46. The standard InChI is InChI=1S/C20H41N5O.HI/c1-4-7-10-17(5-2)15-24-20(22-6-3)23-12-9-14-25-13-8-11-18(16-25)19(21)26;/h17-18H,4-16H2,1-3H3,(H2,21,26)(H2,22,23,24);1H. The van der Waals surface area contributed by atoms with Gasteiger partial charge in [-0.15, -0.1) is 24.0 Å². The molecule has 4 N–H and O–H groups in total. The fraction of sp³-hybridized carbons (Fsp3) is 0.900. The number of aliphatic imine (C=N–C) groups is 1. The number of halogens is 1. The molecule has 0 saturated carbocycles. The summed E-state index contributed by atoms with van der Waals surface area (Å²) >= 11 is 0. The molecule has 27 heavy (non-hydrogen) atoms. The van der Waals surface area contributed by atoms with Crippen LogP contribution in [0.4, 0.5) is 0 Å². The van der Waals surface area contributed by atoms with Crippen LogP contribution in [-0.2, 0) is 4.79 Å². The fourth-order valence-corrected chi connectivity index (χ4v) is 3.48. The van der Waals surface area contributed by atoms with Crippen molar-refractivity contribution in [3.8, 4) is 0 Å². The summed E-state index contributed by atoms with van der Waals surface area (Å²) in [6, 6.07) is 0. The fourth-order valence-electron chi connectivity index (χ4n) is 3.48. The van der Waals surface area contributed by atoms with E-state index in [0.29, 0.717) is 5.92 Å². The lowest BCUT2D eigenvalue weighted by molar-refractivity contribution is -0.123. The third kappa shape index (κ3) is 11.8. The van der Waals surface area contributed by atoms with E-state index in [1.54, 1.807) is 0 Å². The molecule has 7 heteroatoms. The zero-order valence-electron chi connectivity index (χ0n) is 17.6. The molecule has 0 aromatic heterocycles. The molecule has 160 valence electrons. The molecule has 1 rings (SSSR count). The Morgan fingerprint density at radius 1 is 1.26 bits per heavy atom. The number of nitrogens with two attached hydrogens (primary N) is 1. The van der Waals surface area contributed by atoms with Crippen LogP contribution in [0.5, 0.6) is 0 Å². The van der Waals surface area contributed by atoms with E-state index in [2.05, 4.69) is 36.3 Å². The van der Waals surface area contributed by atoms with Crippen molar-refractivity contribution in [3.05, 3.63) is 0 Å². The summed E-state index contributed by atoms with van der Waals surface area (Å²) in [6.07, 6.45) is 8.07. The van der Waals surface area contributed by atoms with Crippen LogP contribution in [0.25, 0.3) is 0 Å². The molecule has 1 aliphatic rings. The number of likely N-dealkylation sites (tertiary alicyclic amines) is 1. The Morgan fingerprint density at radius 3 is 2.67 bits per heavy atom. The molecule has 0 aromatic rings. The van der Waals surface area contributed by atoms with Crippen molar-refractivity contribution in [2.24, 2.45) is 22.6 Å². The van der Waals surface area contributed by atoms with Crippen molar-refractivity contribution >= 4 is 35.8 Å². The number of primary amides is 1. The highest BCUT2D eigenvalue weighted by Crippen LogP contribution is 2.16. The van der Waals surface area contributed by atoms with Crippen LogP contribution < -0.4 is 16.4 Å². The minimum absolute atomic E-state index is 0. The summed E-state index contributed by atoms with van der Waals surface area (Å²) in [4.78, 5) is 18.5. The molecule has 1 fully saturated rings. The quantitative estimate of drug-likeness (QED) is 0.168. The molecular formula is C20H42IN5O. The van der Waals surface area contributed by atoms with Gasteiger partial charge in [-0.1, -0.05) is 33.1 Å². The number of piperidine rings is 1. The lowest BCUT2D eigenvalue weighted by Gasteiger charge is -2.31. The average molecular weight is 495 g/mol. The summed E-state index contributed by atoms with van der Waals surface area (Å²) in [5.41, 5.74) is 5.45. The van der Waals surface area contributed by atoms with E-state index in [-0.39, 0.29) is 35.8 Å². The number of carbonyl (C=O) groups excluding carboxylic acids is 1. The van der Waals surface area contributed by atoms with E-state index in [0.717, 1.165) is 64.5 Å². The van der Waals surface area contributed by atoms with Gasteiger partial charge >= 0.3 is 0 Å². The van der Waals surface area contributed by atoms with E-state index >= 15 is 0 Å². The Labute approximate surface area is 183 Å². The third-order valence-electron chi connectivity index (χ3n) is 5.25. The van der Waals surface area contributed by atoms with Gasteiger partial charge in [-0.2, -0.15) is 0 Å². The molecule has 6 nitrogen and oxygen atoms in total. The Morgan fingerprint density at radius 2 is 2.04 bits per heavy atom. The molecule has 1 saturated heterocycles. The predicted molar refractivity (Wildman–Crippen MR) is 126 cm³/mol. The summed E-state index contributed by atoms with van der Waals surface area (Å²) in [7, 11) is 0. The highest BCUT2D eigenvalue weighted by Gasteiger charge is 2.23. The zero-order valence-corrected chi connectivity index (χ0v) is 20.0. The molecule has 0 aliphatic carbocycles. The Bertz CT molecular complexity index is 419. The number of nitrogens with zero attached hydrogens (tertiary/aromatic N) is 2. The van der Waals surface area contributed by atoms with Gasteiger partial charge in [0.15, 0.2) is 5.96 Å². The monoisotopic (exact) mass is 495 g/mol. The lowest BCUT2D eigenvalue weighted by Crippen LogP contribution is -2.43. The van der Waals surface area contributed by atoms with Gasteiger partial charge in [-0.3, -0.25) is 9.79 Å². The highest BCUT2D eigenvalue weighted by atomic mass is 127. The zero-order chi connectivity index (χ0) is 19.2. The van der Waals surface area contributed by atoms with Crippen LogP contribution in [-0.4, -0.2) is 56.0 Å². The highest BCUT2D eigenvalue weighted by molar-refractivity contribution is 14.0. The summed E-state index contributed by atoms with van der Waals surface area (Å²) < 4.78 is 0. The normalized spacial score (nSPS) is 19.2. The van der Waals surface area contributed by atoms with Crippen LogP contribution in [0.1, 0.15) is 65.7 Å². The van der Waals surface area contributed by atoms with E-state index in [9.17, 15) is 4.79 Å². The van der Waals surface area contributed by atoms with Gasteiger partial charge in [-0.05, 0) is 51.6 Å². The Kier molecular flexibility index (Phi) is 16.0. The van der Waals surface area contributed by atoms with Crippen molar-refractivity contribution in [3.63, 3.8) is 0 Å². The van der Waals surface area contributed by atoms with Crippen molar-refractivity contribution in [1.29, 1.82) is 0 Å². The smallest absolute Gasteiger partial charge is 0.221 e. The minimum Gasteiger partial charge on any atom is -0.369 e. The first-order chi connectivity index (χ1) is 12.6. The average Bonchev–Trinajstić information content (AvgIpc) is 2.65. The van der Waals surface area contributed by atoms with Crippen LogP contribution in [0.3, 0.4) is 0 Å². The third-order valence-corrected chi connectivity index (χ3v) is 5.25. The largest absolute Gasteiger partial charge is 0.369 e. The molecule has 0 aromatic carbocycles. The SMILES string of the molecule is CCCCC(CC)CN=C(NCC)NCCCN1CCCC(C(N)=O)C1.I. The van der Waals surface area contributed by atoms with Gasteiger partial charge in [0, 0.05) is 26.2 Å². The molecule has 0 spiro atoms. The predicted octanol–water partition coefficient (Wildman–Crippen LogP) is 2.96. The molecule has 1 heterocycles. The summed E-state index contributed by atoms with van der Waals surface area (Å²) in [6.45, 7) is 12.2. The topological polar surface area (TPSA) is 82.8 Å². The van der Waals surface area contributed by atoms with Crippen molar-refractivity contribution in [2.45, 2.75) is 65.7 Å². The van der Waals surface area contributed by atoms with Crippen LogP contribution >= 0.6 is 24.0 Å². The number of carbonyl (C=O) groups is 1. The maximum atomic E-state index is 11.4. The van der Waals surface area contributed by atoms with Gasteiger partial charge in [0.05, 0.1) is 5.92 Å². The maximum absolute atomic E-state index is 11.4. The summed E-state index contributed by atoms with van der Waals surface area (Å²) in [5, 5.41) is 6.79. The molecule has 1 aliphatic heterocycles. The summed E-state index contributed by atoms with van der Waals surface area (Å²) in [5.74, 6) is 1.49. The number of guanidine groups is 1. The van der Waals surface area contributed by atoms with E-state index in [1.165, 1.54) is 25.7 Å². The van der Waals surface area contributed by atoms with Crippen LogP contribution in [0, 0.1) is 11.8 Å². The lowest BCUT2D eigenvalue weighted by atomic mass is 9.97. The molecule has 0 bridgehead atoms. The molecule has 1 amide bonds. The second kappa shape index (κ2) is 16.4. The molecule has 0 radical (unpaired) electrons. The molecule has 2 unspecified atom stereocenters. The van der Waals surface area contributed by atoms with Gasteiger partial charge < -0.3 is 21.3 Å². The molecule has 2 atom stereocenters. The van der Waals surface area contributed by atoms with E-state index in [1.807, 2.05) is 0 Å². The van der Waals surface area contributed by atoms with Crippen LogP contribution in [0.2, 0.25) is 0 Å². The van der Waals surface area contributed by atoms with E-state index < -0.39 is 0 Å². The van der Waals surface area contributed by atoms with Gasteiger partial charge in [0.2, 0.25) is 5.91 Å². The molecular weight excluding hydrogens is 453 g/mol. The van der Waals surface area contributed by atoms with Crippen molar-refractivity contribution < 1.29 is 4.79 Å². The second-order valence-electron chi connectivity index (χ2n) is 7.46. The van der Waals surface area contributed by atoms with Gasteiger partial charge in [-0.25, -0.2) is 0 Å². The number of rotatable bonds is 12. The Hall–Kier alpha value is -0.570. The first-order valence-electron chi connectivity index (χ1n) is 10.6. The number of unbranched alkanes of at least 4 members (excludes halogenated alkanes) is 1. The maximum Gasteiger partial charge on any atom is 0.221 e. The van der Waals surface area contributed by atoms with Crippen molar-refractivity contribution in [1.82, 2.24) is 15.5 Å². The number of nitrogens with one attached hydrogen (secondary N) is 2. The van der Waals surface area contributed by atoms with Crippen LogP contribution in [0.15, 0.2) is 4.99 Å². The minimum atomic E-state index is -0.150. The van der Waals surface area contributed by atoms with Gasteiger partial charge in [0.1, 0.15) is 0 Å². The van der Waals surface area contributed by atoms with E-state index in [4.69, 9.17) is 10.7 Å². The first kappa shape index (κ1) is 26.4. The number of hydrogen-bond acceptors (Lipinski definition) is 3. The number of hydrogen-bond donors (Lipinski definition) is 3. The van der Waals surface area contributed by atoms with Crippen molar-refractivity contribution in [2.75, 3.05) is 39.3 Å². The number of amides is 1. The van der Waals surface area contributed by atoms with Gasteiger partial charge in [0.25, 0.3) is 0 Å².